The Labute approximate surface area is 192 Å². The molecule has 5 N–H and O–H groups in total. The minimum absolute atomic E-state index is 0.0959. The molecule has 0 unspecified atom stereocenters. The fourth-order valence-corrected chi connectivity index (χ4v) is 4.41. The van der Waals surface area contributed by atoms with Gasteiger partial charge in [0.05, 0.1) is 17.7 Å². The number of primary sulfonamides is 1. The molecule has 0 atom stereocenters. The molecule has 0 aliphatic rings. The number of benzene rings is 1. The summed E-state index contributed by atoms with van der Waals surface area (Å²) in [5.74, 6) is -0.327. The molecule has 10 nitrogen and oxygen atoms in total. The molecular formula is C20H30N4O6S2. The molecule has 0 spiro atoms. The number of carbonyl (C=O) groups is 2. The Morgan fingerprint density at radius 3 is 2.47 bits per heavy atom. The number of hydrogen-bond acceptors (Lipinski definition) is 8. The van der Waals surface area contributed by atoms with Gasteiger partial charge in [-0.25, -0.2) is 24.0 Å². The lowest BCUT2D eigenvalue weighted by Crippen LogP contribution is -2.17. The van der Waals surface area contributed by atoms with E-state index in [0.29, 0.717) is 22.8 Å². The molecule has 32 heavy (non-hydrogen) atoms. The van der Waals surface area contributed by atoms with Crippen LogP contribution < -0.4 is 20.7 Å². The zero-order valence-electron chi connectivity index (χ0n) is 18.6. The largest absolute Gasteiger partial charge is 0.495 e. The molecule has 2 rings (SSSR count). The number of nitrogens with one attached hydrogen (secondary N) is 2. The van der Waals surface area contributed by atoms with Crippen LogP contribution in [-0.2, 0) is 19.6 Å². The standard InChI is InChI=1S/C13H15N3O4S2.C7H15NO2/c1-7-12(21-13(15-7)16-8(2)17)9-4-5-10(20-3)11(6-9)22(14,18)19;1-2-3-4-5-6-7(9)8-10/h4-6H,1-3H3,(H2,14,18,19)(H,15,16,17);10H,2-6H2,1H3,(H,8,9). The Morgan fingerprint density at radius 1 is 1.25 bits per heavy atom. The molecule has 0 aliphatic heterocycles. The third-order valence-electron chi connectivity index (χ3n) is 4.19. The highest BCUT2D eigenvalue weighted by Crippen LogP contribution is 2.36. The fraction of sp³-hybridized carbons (Fsp3) is 0.450. The van der Waals surface area contributed by atoms with Gasteiger partial charge in [0.1, 0.15) is 10.6 Å². The maximum Gasteiger partial charge on any atom is 0.243 e. The SMILES string of the molecule is CCCCCCC(=O)NO.COc1ccc(-c2sc(NC(C)=O)nc2C)cc1S(N)(=O)=O. The summed E-state index contributed by atoms with van der Waals surface area (Å²) < 4.78 is 28.3. The van der Waals surface area contributed by atoms with Gasteiger partial charge in [0, 0.05) is 13.3 Å². The van der Waals surface area contributed by atoms with Crippen LogP contribution in [0.1, 0.15) is 51.6 Å². The second kappa shape index (κ2) is 13.1. The number of amides is 2. The molecule has 0 radical (unpaired) electrons. The quantitative estimate of drug-likeness (QED) is 0.240. The van der Waals surface area contributed by atoms with E-state index in [2.05, 4.69) is 17.2 Å². The van der Waals surface area contributed by atoms with Crippen molar-refractivity contribution in [2.75, 3.05) is 12.4 Å². The van der Waals surface area contributed by atoms with Crippen molar-refractivity contribution in [1.29, 1.82) is 0 Å². The highest BCUT2D eigenvalue weighted by molar-refractivity contribution is 7.89. The number of aromatic nitrogens is 1. The molecule has 178 valence electrons. The minimum Gasteiger partial charge on any atom is -0.495 e. The van der Waals surface area contributed by atoms with E-state index in [0.717, 1.165) is 17.7 Å². The fourth-order valence-electron chi connectivity index (χ4n) is 2.68. The van der Waals surface area contributed by atoms with E-state index in [4.69, 9.17) is 15.1 Å². The number of unbranched alkanes of at least 4 members (excludes halogenated alkanes) is 3. The van der Waals surface area contributed by atoms with Crippen molar-refractivity contribution in [2.24, 2.45) is 5.14 Å². The summed E-state index contributed by atoms with van der Waals surface area (Å²) in [5, 5.41) is 16.4. The van der Waals surface area contributed by atoms with Gasteiger partial charge >= 0.3 is 0 Å². The number of sulfonamides is 1. The first kappa shape index (κ1) is 27.5. The number of hydrogen-bond donors (Lipinski definition) is 4. The van der Waals surface area contributed by atoms with E-state index in [1.165, 1.54) is 50.3 Å². The van der Waals surface area contributed by atoms with Crippen LogP contribution in [-0.4, -0.2) is 37.5 Å². The molecule has 1 aromatic heterocycles. The van der Waals surface area contributed by atoms with Crippen LogP contribution in [0.5, 0.6) is 5.75 Å². The molecule has 12 heteroatoms. The van der Waals surface area contributed by atoms with Gasteiger partial charge in [0.15, 0.2) is 5.13 Å². The Kier molecular flexibility index (Phi) is 11.3. The van der Waals surface area contributed by atoms with Crippen molar-refractivity contribution < 1.29 is 28.0 Å². The van der Waals surface area contributed by atoms with Crippen LogP contribution in [0.2, 0.25) is 0 Å². The summed E-state index contributed by atoms with van der Waals surface area (Å²) in [6, 6.07) is 4.68. The van der Waals surface area contributed by atoms with Crippen LogP contribution in [0, 0.1) is 6.92 Å². The van der Waals surface area contributed by atoms with Gasteiger partial charge < -0.3 is 10.1 Å². The van der Waals surface area contributed by atoms with Crippen molar-refractivity contribution >= 4 is 38.3 Å². The molecule has 1 heterocycles. The first-order valence-electron chi connectivity index (χ1n) is 9.92. The van der Waals surface area contributed by atoms with Crippen molar-refractivity contribution in [3.63, 3.8) is 0 Å². The van der Waals surface area contributed by atoms with Crippen LogP contribution in [0.25, 0.3) is 10.4 Å². The Morgan fingerprint density at radius 2 is 1.94 bits per heavy atom. The summed E-state index contributed by atoms with van der Waals surface area (Å²) in [4.78, 5) is 26.4. The maximum atomic E-state index is 11.7. The second-order valence-electron chi connectivity index (χ2n) is 6.87. The van der Waals surface area contributed by atoms with Gasteiger partial charge in [-0.3, -0.25) is 14.8 Å². The van der Waals surface area contributed by atoms with Crippen LogP contribution in [0.4, 0.5) is 5.13 Å². The second-order valence-corrected chi connectivity index (χ2v) is 9.40. The minimum atomic E-state index is -3.91. The van der Waals surface area contributed by atoms with Crippen molar-refractivity contribution in [3.8, 4) is 16.2 Å². The molecule has 0 fully saturated rings. The Bertz CT molecular complexity index is 1020. The zero-order valence-corrected chi connectivity index (χ0v) is 20.2. The van der Waals surface area contributed by atoms with E-state index in [1.54, 1.807) is 18.5 Å². The first-order chi connectivity index (χ1) is 15.0. The highest BCUT2D eigenvalue weighted by atomic mass is 32.2. The summed E-state index contributed by atoms with van der Waals surface area (Å²) in [7, 11) is -2.54. The number of anilines is 1. The number of aryl methyl sites for hydroxylation is 1. The van der Waals surface area contributed by atoms with Crippen molar-refractivity contribution in [3.05, 3.63) is 23.9 Å². The topological polar surface area (TPSA) is 161 Å². The predicted octanol–water partition coefficient (Wildman–Crippen LogP) is 3.20. The van der Waals surface area contributed by atoms with E-state index >= 15 is 0 Å². The van der Waals surface area contributed by atoms with Gasteiger partial charge in [-0.1, -0.05) is 37.5 Å². The van der Waals surface area contributed by atoms with Crippen LogP contribution in [0.15, 0.2) is 23.1 Å². The average Bonchev–Trinajstić information content (AvgIpc) is 3.09. The monoisotopic (exact) mass is 486 g/mol. The van der Waals surface area contributed by atoms with Crippen molar-refractivity contribution in [2.45, 2.75) is 57.8 Å². The zero-order chi connectivity index (χ0) is 24.3. The summed E-state index contributed by atoms with van der Waals surface area (Å²) in [6.45, 7) is 5.28. The molecule has 2 aromatic rings. The highest BCUT2D eigenvalue weighted by Gasteiger charge is 2.18. The molecule has 0 saturated heterocycles. The van der Waals surface area contributed by atoms with E-state index in [-0.39, 0.29) is 22.5 Å². The molecule has 0 saturated carbocycles. The molecule has 0 bridgehead atoms. The van der Waals surface area contributed by atoms with E-state index in [1.807, 2.05) is 0 Å². The number of hydroxylamine groups is 1. The van der Waals surface area contributed by atoms with E-state index < -0.39 is 10.0 Å². The summed E-state index contributed by atoms with van der Waals surface area (Å²) in [6.07, 6.45) is 4.72. The van der Waals surface area contributed by atoms with Crippen LogP contribution >= 0.6 is 11.3 Å². The maximum absolute atomic E-state index is 11.7. The number of rotatable bonds is 9. The first-order valence-corrected chi connectivity index (χ1v) is 12.3. The van der Waals surface area contributed by atoms with Crippen molar-refractivity contribution in [1.82, 2.24) is 10.5 Å². The third kappa shape index (κ3) is 8.91. The lowest BCUT2D eigenvalue weighted by Gasteiger charge is -2.08. The molecule has 1 aromatic carbocycles. The predicted molar refractivity (Wildman–Crippen MR) is 123 cm³/mol. The lowest BCUT2D eigenvalue weighted by atomic mass is 10.1. The van der Waals surface area contributed by atoms with Gasteiger partial charge in [-0.15, -0.1) is 0 Å². The number of carbonyl (C=O) groups excluding carboxylic acids is 2. The van der Waals surface area contributed by atoms with Crippen LogP contribution in [0.3, 0.4) is 0 Å². The summed E-state index contributed by atoms with van der Waals surface area (Å²) in [5.41, 5.74) is 2.92. The number of thiazole rings is 1. The number of ether oxygens (including phenoxy) is 1. The number of methoxy groups -OCH3 is 1. The smallest absolute Gasteiger partial charge is 0.243 e. The Hall–Kier alpha value is -2.54. The third-order valence-corrected chi connectivity index (χ3v) is 6.25. The van der Waals surface area contributed by atoms with Gasteiger partial charge in [-0.2, -0.15) is 0 Å². The van der Waals surface area contributed by atoms with E-state index in [9.17, 15) is 18.0 Å². The number of nitrogens with zero attached hydrogens (tertiary/aromatic N) is 1. The van der Waals surface area contributed by atoms with Gasteiger partial charge in [0.25, 0.3) is 0 Å². The molecule has 0 aliphatic carbocycles. The lowest BCUT2D eigenvalue weighted by molar-refractivity contribution is -0.129. The normalized spacial score (nSPS) is 10.7. The average molecular weight is 487 g/mol. The molecule has 2 amide bonds. The summed E-state index contributed by atoms with van der Waals surface area (Å²) >= 11 is 1.25. The Balaban J connectivity index is 0.000000433. The number of nitrogens with two attached hydrogens (primary N) is 1. The van der Waals surface area contributed by atoms with Gasteiger partial charge in [0.2, 0.25) is 21.8 Å². The molecular weight excluding hydrogens is 456 g/mol. The van der Waals surface area contributed by atoms with Gasteiger partial charge in [-0.05, 0) is 37.1 Å².